The van der Waals surface area contributed by atoms with Gasteiger partial charge in [-0.2, -0.15) is 0 Å². The quantitative estimate of drug-likeness (QED) is 0.590. The minimum Gasteiger partial charge on any atom is -0.361 e. The minimum absolute atomic E-state index is 0.0181. The van der Waals surface area contributed by atoms with Crippen LogP contribution in [0.25, 0.3) is 0 Å². The third-order valence-electron chi connectivity index (χ3n) is 3.49. The van der Waals surface area contributed by atoms with E-state index in [9.17, 15) is 20.2 Å². The number of rotatable bonds is 6. The average Bonchev–Trinajstić information content (AvgIpc) is 2.48. The first kappa shape index (κ1) is 15.3. The SMILES string of the molecule is O=[N+]([O-])c1cccc([N+](=O)[O-])c1COCN1CCCCC1. The van der Waals surface area contributed by atoms with Crippen molar-refractivity contribution in [2.24, 2.45) is 0 Å². The third-order valence-corrected chi connectivity index (χ3v) is 3.49. The number of ether oxygens (including phenoxy) is 1. The molecule has 0 radical (unpaired) electrons. The Labute approximate surface area is 121 Å². The predicted molar refractivity (Wildman–Crippen MR) is 74.8 cm³/mol. The number of nitrogens with zero attached hydrogens (tertiary/aromatic N) is 3. The van der Waals surface area contributed by atoms with Crippen LogP contribution < -0.4 is 0 Å². The topological polar surface area (TPSA) is 98.8 Å². The largest absolute Gasteiger partial charge is 0.361 e. The van der Waals surface area contributed by atoms with Crippen LogP contribution in [-0.4, -0.2) is 34.6 Å². The molecule has 0 amide bonds. The molecule has 0 spiro atoms. The van der Waals surface area contributed by atoms with Crippen LogP contribution in [0.2, 0.25) is 0 Å². The van der Waals surface area contributed by atoms with Crippen LogP contribution in [-0.2, 0) is 11.3 Å². The van der Waals surface area contributed by atoms with Gasteiger partial charge in [0, 0.05) is 25.2 Å². The van der Waals surface area contributed by atoms with Gasteiger partial charge in [0.2, 0.25) is 0 Å². The molecular weight excluding hydrogens is 278 g/mol. The lowest BCUT2D eigenvalue weighted by Crippen LogP contribution is -2.31. The molecule has 1 aromatic rings. The van der Waals surface area contributed by atoms with Crippen molar-refractivity contribution in [3.05, 3.63) is 44.0 Å². The normalized spacial score (nSPS) is 15.8. The molecule has 0 bridgehead atoms. The van der Waals surface area contributed by atoms with Gasteiger partial charge in [0.15, 0.2) is 0 Å². The smallest absolute Gasteiger partial charge is 0.281 e. The maximum Gasteiger partial charge on any atom is 0.281 e. The molecule has 0 aliphatic carbocycles. The molecule has 0 saturated carbocycles. The molecule has 2 rings (SSSR count). The number of piperidine rings is 1. The van der Waals surface area contributed by atoms with E-state index in [4.69, 9.17) is 4.74 Å². The fourth-order valence-electron chi connectivity index (χ4n) is 2.42. The Hall–Kier alpha value is -2.06. The average molecular weight is 295 g/mol. The third kappa shape index (κ3) is 3.96. The van der Waals surface area contributed by atoms with E-state index in [1.807, 2.05) is 0 Å². The monoisotopic (exact) mass is 295 g/mol. The molecule has 0 N–H and O–H groups in total. The second kappa shape index (κ2) is 7.09. The van der Waals surface area contributed by atoms with Crippen LogP contribution >= 0.6 is 0 Å². The molecule has 1 fully saturated rings. The zero-order chi connectivity index (χ0) is 15.2. The lowest BCUT2D eigenvalue weighted by atomic mass is 10.1. The molecule has 0 unspecified atom stereocenters. The number of nitro benzene ring substituents is 2. The molecule has 8 nitrogen and oxygen atoms in total. The van der Waals surface area contributed by atoms with Gasteiger partial charge in [-0.3, -0.25) is 25.1 Å². The highest BCUT2D eigenvalue weighted by Gasteiger charge is 2.24. The van der Waals surface area contributed by atoms with Crippen molar-refractivity contribution in [2.75, 3.05) is 19.8 Å². The fourth-order valence-corrected chi connectivity index (χ4v) is 2.42. The van der Waals surface area contributed by atoms with Gasteiger partial charge in [-0.15, -0.1) is 0 Å². The van der Waals surface area contributed by atoms with Gasteiger partial charge >= 0.3 is 0 Å². The van der Waals surface area contributed by atoms with Gasteiger partial charge < -0.3 is 4.74 Å². The van der Waals surface area contributed by atoms with Gasteiger partial charge in [0.25, 0.3) is 11.4 Å². The van der Waals surface area contributed by atoms with E-state index in [-0.39, 0.29) is 23.5 Å². The van der Waals surface area contributed by atoms with Gasteiger partial charge in [-0.05, 0) is 18.9 Å². The molecule has 1 aliphatic rings. The number of nitro groups is 2. The van der Waals surface area contributed by atoms with Gasteiger partial charge in [-0.25, -0.2) is 0 Å². The minimum atomic E-state index is -0.618. The van der Waals surface area contributed by atoms with Gasteiger partial charge in [0.05, 0.1) is 23.2 Å². The van der Waals surface area contributed by atoms with E-state index >= 15 is 0 Å². The highest BCUT2D eigenvalue weighted by atomic mass is 16.6. The van der Waals surface area contributed by atoms with Crippen molar-refractivity contribution in [1.82, 2.24) is 4.90 Å². The molecule has 1 aromatic carbocycles. The lowest BCUT2D eigenvalue weighted by Gasteiger charge is -2.25. The maximum absolute atomic E-state index is 11.0. The van der Waals surface area contributed by atoms with E-state index in [2.05, 4.69) is 4.90 Å². The summed E-state index contributed by atoms with van der Waals surface area (Å²) >= 11 is 0. The number of hydrogen-bond acceptors (Lipinski definition) is 6. The first-order valence-corrected chi connectivity index (χ1v) is 6.80. The van der Waals surface area contributed by atoms with E-state index in [1.165, 1.54) is 24.6 Å². The molecule has 1 saturated heterocycles. The fraction of sp³-hybridized carbons (Fsp3) is 0.538. The summed E-state index contributed by atoms with van der Waals surface area (Å²) in [6.07, 6.45) is 3.41. The zero-order valence-electron chi connectivity index (χ0n) is 11.6. The Morgan fingerprint density at radius 3 is 2.14 bits per heavy atom. The summed E-state index contributed by atoms with van der Waals surface area (Å²) in [6.45, 7) is 2.06. The van der Waals surface area contributed by atoms with E-state index in [1.54, 1.807) is 0 Å². The molecule has 114 valence electrons. The van der Waals surface area contributed by atoms with Crippen LogP contribution in [0.1, 0.15) is 24.8 Å². The Morgan fingerprint density at radius 2 is 1.62 bits per heavy atom. The summed E-state index contributed by atoms with van der Waals surface area (Å²) < 4.78 is 5.46. The standard InChI is InChI=1S/C13H17N3O5/c17-15(18)12-5-4-6-13(16(19)20)11(12)9-21-10-14-7-2-1-3-8-14/h4-6H,1-3,7-10H2. The summed E-state index contributed by atoms with van der Waals surface area (Å²) in [6, 6.07) is 3.82. The first-order chi connectivity index (χ1) is 10.1. The zero-order valence-corrected chi connectivity index (χ0v) is 11.6. The molecule has 8 heteroatoms. The van der Waals surface area contributed by atoms with Crippen LogP contribution in [0.3, 0.4) is 0 Å². The predicted octanol–water partition coefficient (Wildman–Crippen LogP) is 2.46. The number of hydrogen-bond donors (Lipinski definition) is 0. The highest BCUT2D eigenvalue weighted by molar-refractivity contribution is 5.53. The summed E-state index contributed by atoms with van der Waals surface area (Å²) in [5.41, 5.74) is -0.532. The van der Waals surface area contributed by atoms with Crippen molar-refractivity contribution >= 4 is 11.4 Å². The van der Waals surface area contributed by atoms with Crippen molar-refractivity contribution in [3.8, 4) is 0 Å². The van der Waals surface area contributed by atoms with Crippen LogP contribution in [0.5, 0.6) is 0 Å². The second-order valence-electron chi connectivity index (χ2n) is 4.95. The highest BCUT2D eigenvalue weighted by Crippen LogP contribution is 2.28. The van der Waals surface area contributed by atoms with E-state index < -0.39 is 9.85 Å². The Kier molecular flexibility index (Phi) is 5.18. The lowest BCUT2D eigenvalue weighted by molar-refractivity contribution is -0.396. The Morgan fingerprint density at radius 1 is 1.05 bits per heavy atom. The van der Waals surface area contributed by atoms with E-state index in [0.29, 0.717) is 6.73 Å². The van der Waals surface area contributed by atoms with Crippen LogP contribution in [0.15, 0.2) is 18.2 Å². The molecule has 21 heavy (non-hydrogen) atoms. The molecule has 0 aromatic heterocycles. The van der Waals surface area contributed by atoms with Crippen molar-refractivity contribution < 1.29 is 14.6 Å². The van der Waals surface area contributed by atoms with Gasteiger partial charge in [0.1, 0.15) is 5.56 Å². The summed E-state index contributed by atoms with van der Waals surface area (Å²) in [5, 5.41) is 22.0. The molecular formula is C13H17N3O5. The maximum atomic E-state index is 11.0. The molecule has 1 aliphatic heterocycles. The summed E-state index contributed by atoms with van der Waals surface area (Å²) in [7, 11) is 0. The second-order valence-corrected chi connectivity index (χ2v) is 4.95. The van der Waals surface area contributed by atoms with Crippen molar-refractivity contribution in [1.29, 1.82) is 0 Å². The Balaban J connectivity index is 2.06. The van der Waals surface area contributed by atoms with Crippen molar-refractivity contribution in [3.63, 3.8) is 0 Å². The Bertz CT molecular complexity index is 496. The van der Waals surface area contributed by atoms with E-state index in [0.717, 1.165) is 25.9 Å². The van der Waals surface area contributed by atoms with Gasteiger partial charge in [-0.1, -0.05) is 6.42 Å². The molecule has 0 atom stereocenters. The van der Waals surface area contributed by atoms with Crippen LogP contribution in [0, 0.1) is 20.2 Å². The van der Waals surface area contributed by atoms with Crippen molar-refractivity contribution in [2.45, 2.75) is 25.9 Å². The first-order valence-electron chi connectivity index (χ1n) is 6.80. The number of benzene rings is 1. The summed E-state index contributed by atoms with van der Waals surface area (Å²) in [5.74, 6) is 0. The molecule has 1 heterocycles. The summed E-state index contributed by atoms with van der Waals surface area (Å²) in [4.78, 5) is 22.8. The van der Waals surface area contributed by atoms with Crippen LogP contribution in [0.4, 0.5) is 11.4 Å². The number of likely N-dealkylation sites (tertiary alicyclic amines) is 1.